The van der Waals surface area contributed by atoms with Gasteiger partial charge in [0, 0.05) is 21.2 Å². The summed E-state index contributed by atoms with van der Waals surface area (Å²) in [5, 5.41) is 11.1. The number of hydrogen-bond acceptors (Lipinski definition) is 4. The smallest absolute Gasteiger partial charge is 0.225 e. The Bertz CT molecular complexity index is 1110. The molecular formula is C17H20Cl2N2O4S2. The van der Waals surface area contributed by atoms with Crippen LogP contribution in [0.4, 0.5) is 0 Å². The maximum Gasteiger partial charge on any atom is 0.238 e. The van der Waals surface area contributed by atoms with E-state index in [0.29, 0.717) is 12.0 Å². The lowest BCUT2D eigenvalue weighted by molar-refractivity contribution is 0.408. The van der Waals surface area contributed by atoms with E-state index in [1.165, 1.54) is 24.3 Å². The predicted molar refractivity (Wildman–Crippen MR) is 108 cm³/mol. The fourth-order valence-electron chi connectivity index (χ4n) is 2.79. The van der Waals surface area contributed by atoms with Crippen LogP contribution in [-0.4, -0.2) is 16.8 Å². The van der Waals surface area contributed by atoms with E-state index in [1.807, 2.05) is 20.8 Å². The van der Waals surface area contributed by atoms with Crippen molar-refractivity contribution in [2.75, 3.05) is 0 Å². The molecule has 6 nitrogen and oxygen atoms in total. The summed E-state index contributed by atoms with van der Waals surface area (Å²) in [7, 11) is -8.41. The van der Waals surface area contributed by atoms with Crippen LogP contribution in [0.1, 0.15) is 26.3 Å². The average molecular weight is 451 g/mol. The van der Waals surface area contributed by atoms with E-state index >= 15 is 0 Å². The van der Waals surface area contributed by atoms with Crippen molar-refractivity contribution < 1.29 is 16.8 Å². The van der Waals surface area contributed by atoms with Crippen LogP contribution in [-0.2, 0) is 26.5 Å². The Morgan fingerprint density at radius 3 is 1.93 bits per heavy atom. The van der Waals surface area contributed by atoms with Gasteiger partial charge in [0.2, 0.25) is 20.0 Å². The number of hydrogen-bond donors (Lipinski definition) is 2. The molecule has 2 rings (SSSR count). The van der Waals surface area contributed by atoms with Crippen molar-refractivity contribution in [2.45, 2.75) is 37.0 Å². The third-order valence-electron chi connectivity index (χ3n) is 3.74. The zero-order chi connectivity index (χ0) is 20.8. The summed E-state index contributed by atoms with van der Waals surface area (Å²) in [6.45, 7) is 5.75. The second-order valence-electron chi connectivity index (χ2n) is 7.37. The molecule has 0 spiro atoms. The first kappa shape index (κ1) is 22.1. The molecule has 2 aromatic rings. The van der Waals surface area contributed by atoms with E-state index in [9.17, 15) is 16.8 Å². The summed E-state index contributed by atoms with van der Waals surface area (Å²) >= 11 is 12.2. The summed E-state index contributed by atoms with van der Waals surface area (Å²) in [5.74, 6) is 0. The zero-order valence-electron chi connectivity index (χ0n) is 15.0. The zero-order valence-corrected chi connectivity index (χ0v) is 18.1. The normalized spacial score (nSPS) is 13.0. The molecule has 0 aromatic heterocycles. The second-order valence-corrected chi connectivity index (χ2v) is 11.2. The Labute approximate surface area is 169 Å². The maximum absolute atomic E-state index is 12.4. The fourth-order valence-corrected chi connectivity index (χ4v) is 5.09. The van der Waals surface area contributed by atoms with Crippen LogP contribution in [0.15, 0.2) is 40.1 Å². The van der Waals surface area contributed by atoms with Gasteiger partial charge in [0.05, 0.1) is 9.79 Å². The first-order valence-electron chi connectivity index (χ1n) is 7.78. The molecule has 0 fully saturated rings. The molecule has 0 aliphatic rings. The van der Waals surface area contributed by atoms with Gasteiger partial charge in [-0.05, 0) is 35.6 Å². The van der Waals surface area contributed by atoms with E-state index in [2.05, 4.69) is 0 Å². The van der Waals surface area contributed by atoms with Crippen LogP contribution in [0.3, 0.4) is 0 Å². The minimum absolute atomic E-state index is 0.0813. The van der Waals surface area contributed by atoms with Crippen LogP contribution in [0, 0.1) is 5.41 Å². The number of primary sulfonamides is 2. The van der Waals surface area contributed by atoms with Crippen molar-refractivity contribution in [3.05, 3.63) is 45.9 Å². The lowest BCUT2D eigenvalue weighted by Crippen LogP contribution is -2.20. The maximum atomic E-state index is 12.4. The van der Waals surface area contributed by atoms with Gasteiger partial charge in [-0.1, -0.05) is 56.1 Å². The Balaban J connectivity index is 2.98. The molecule has 0 atom stereocenters. The van der Waals surface area contributed by atoms with Crippen LogP contribution in [0.5, 0.6) is 0 Å². The molecule has 2 aromatic carbocycles. The van der Waals surface area contributed by atoms with Crippen molar-refractivity contribution in [3.8, 4) is 11.1 Å². The minimum atomic E-state index is -4.23. The van der Waals surface area contributed by atoms with Crippen molar-refractivity contribution in [1.29, 1.82) is 0 Å². The van der Waals surface area contributed by atoms with Gasteiger partial charge in [0.1, 0.15) is 0 Å². The highest BCUT2D eigenvalue weighted by molar-refractivity contribution is 7.89. The van der Waals surface area contributed by atoms with E-state index < -0.39 is 20.0 Å². The largest absolute Gasteiger partial charge is 0.238 e. The topological polar surface area (TPSA) is 120 Å². The van der Waals surface area contributed by atoms with Crippen LogP contribution in [0.2, 0.25) is 10.0 Å². The molecule has 10 heteroatoms. The van der Waals surface area contributed by atoms with Gasteiger partial charge in [-0.25, -0.2) is 27.1 Å². The van der Waals surface area contributed by atoms with Crippen LogP contribution < -0.4 is 10.3 Å². The van der Waals surface area contributed by atoms with E-state index in [1.54, 1.807) is 0 Å². The van der Waals surface area contributed by atoms with E-state index in [0.717, 1.165) is 6.07 Å². The van der Waals surface area contributed by atoms with Gasteiger partial charge in [-0.3, -0.25) is 0 Å². The van der Waals surface area contributed by atoms with Gasteiger partial charge in [0.25, 0.3) is 0 Å². The lowest BCUT2D eigenvalue weighted by atomic mass is 9.87. The van der Waals surface area contributed by atoms with Gasteiger partial charge in [-0.2, -0.15) is 0 Å². The molecule has 0 saturated heterocycles. The first-order valence-corrected chi connectivity index (χ1v) is 11.6. The number of benzene rings is 2. The molecule has 0 amide bonds. The summed E-state index contributed by atoms with van der Waals surface area (Å²) < 4.78 is 48.9. The molecule has 0 aliphatic carbocycles. The lowest BCUT2D eigenvalue weighted by Gasteiger charge is -2.23. The van der Waals surface area contributed by atoms with Crippen molar-refractivity contribution in [3.63, 3.8) is 0 Å². The SMILES string of the molecule is CC(C)(C)Cc1c(Cl)ccc(-c2ccc(Cl)cc2S(N)(=O)=O)c1S(N)(=O)=O. The first-order chi connectivity index (χ1) is 12.1. The molecule has 27 heavy (non-hydrogen) atoms. The molecule has 148 valence electrons. The number of halogens is 2. The molecule has 0 radical (unpaired) electrons. The molecular weight excluding hydrogens is 431 g/mol. The number of sulfonamides is 2. The minimum Gasteiger partial charge on any atom is -0.225 e. The summed E-state index contributed by atoms with van der Waals surface area (Å²) in [4.78, 5) is -0.527. The molecule has 0 saturated carbocycles. The van der Waals surface area contributed by atoms with Crippen molar-refractivity contribution in [1.82, 2.24) is 0 Å². The molecule has 0 bridgehead atoms. The second kappa shape index (κ2) is 7.35. The van der Waals surface area contributed by atoms with Gasteiger partial charge in [-0.15, -0.1) is 0 Å². The monoisotopic (exact) mass is 450 g/mol. The summed E-state index contributed by atoms with van der Waals surface area (Å²) in [5.41, 5.74) is 0.198. The van der Waals surface area contributed by atoms with Crippen LogP contribution >= 0.6 is 23.2 Å². The highest BCUT2D eigenvalue weighted by Crippen LogP contribution is 2.39. The van der Waals surface area contributed by atoms with Gasteiger partial charge >= 0.3 is 0 Å². The van der Waals surface area contributed by atoms with Gasteiger partial charge < -0.3 is 0 Å². The van der Waals surface area contributed by atoms with Crippen LogP contribution in [0.25, 0.3) is 11.1 Å². The standard InChI is InChI=1S/C17H20Cl2N2O4S2/c1-17(2,3)9-13-14(19)7-6-12(16(13)27(21,24)25)11-5-4-10(18)8-15(11)26(20,22)23/h4-8H,9H2,1-3H3,(H2,20,22,23)(H2,21,24,25). The third-order valence-corrected chi connectivity index (χ3v) is 6.31. The van der Waals surface area contributed by atoms with E-state index in [4.69, 9.17) is 33.5 Å². The predicted octanol–water partition coefficient (Wildman–Crippen LogP) is 3.54. The molecule has 0 heterocycles. The highest BCUT2D eigenvalue weighted by Gasteiger charge is 2.28. The Kier molecular flexibility index (Phi) is 6.02. The fraction of sp³-hybridized carbons (Fsp3) is 0.294. The van der Waals surface area contributed by atoms with Gasteiger partial charge in [0.15, 0.2) is 0 Å². The number of nitrogens with two attached hydrogens (primary N) is 2. The Morgan fingerprint density at radius 2 is 1.44 bits per heavy atom. The Morgan fingerprint density at radius 1 is 0.889 bits per heavy atom. The number of rotatable bonds is 4. The summed E-state index contributed by atoms with van der Waals surface area (Å²) in [6.07, 6.45) is 0.309. The van der Waals surface area contributed by atoms with Crippen molar-refractivity contribution >= 4 is 43.2 Å². The third kappa shape index (κ3) is 5.22. The molecule has 0 aliphatic heterocycles. The Hall–Kier alpha value is -1.16. The molecule has 4 N–H and O–H groups in total. The quantitative estimate of drug-likeness (QED) is 0.739. The van der Waals surface area contributed by atoms with E-state index in [-0.39, 0.29) is 36.4 Å². The highest BCUT2D eigenvalue weighted by atomic mass is 35.5. The summed E-state index contributed by atoms with van der Waals surface area (Å²) in [6, 6.07) is 6.91. The van der Waals surface area contributed by atoms with Crippen molar-refractivity contribution in [2.24, 2.45) is 15.7 Å². The molecule has 0 unspecified atom stereocenters. The average Bonchev–Trinajstić information content (AvgIpc) is 2.46.